The lowest BCUT2D eigenvalue weighted by molar-refractivity contribution is -0.132. The summed E-state index contributed by atoms with van der Waals surface area (Å²) < 4.78 is 13.3. The second kappa shape index (κ2) is 11.4. The lowest BCUT2D eigenvalue weighted by Gasteiger charge is -2.30. The van der Waals surface area contributed by atoms with Gasteiger partial charge in [0.25, 0.3) is 0 Å². The molecule has 0 radical (unpaired) electrons. The Balaban J connectivity index is 2.16. The molecule has 31 heavy (non-hydrogen) atoms. The number of aromatic nitrogens is 1. The number of pyridine rings is 1. The molecule has 168 valence electrons. The van der Waals surface area contributed by atoms with Crippen molar-refractivity contribution < 1.29 is 14.0 Å². The van der Waals surface area contributed by atoms with E-state index in [0.717, 1.165) is 17.5 Å². The standard InChI is InChI=1S/C23H32FN5O2/c1-5-15(2)21(29(3)4)23(31)28-19(12-16-6-9-18(24)10-7-16)22(30)27-14-17-8-11-20(25)26-13-17/h6-11,13,15,19,21H,5,12,14H2,1-4H3,(H2,25,26)(H,27,30)(H,28,31)/t15?,19-,21+/m0/s1. The summed E-state index contributed by atoms with van der Waals surface area (Å²) in [6, 6.07) is 8.19. The second-order valence-corrected chi connectivity index (χ2v) is 7.99. The number of benzene rings is 1. The third-order valence-electron chi connectivity index (χ3n) is 5.31. The number of anilines is 1. The predicted molar refractivity (Wildman–Crippen MR) is 119 cm³/mol. The Kier molecular flexibility index (Phi) is 8.93. The highest BCUT2D eigenvalue weighted by Gasteiger charge is 2.30. The van der Waals surface area contributed by atoms with Gasteiger partial charge in [-0.2, -0.15) is 0 Å². The minimum Gasteiger partial charge on any atom is -0.384 e. The highest BCUT2D eigenvalue weighted by atomic mass is 19.1. The summed E-state index contributed by atoms with van der Waals surface area (Å²) >= 11 is 0. The van der Waals surface area contributed by atoms with Gasteiger partial charge in [0.1, 0.15) is 17.7 Å². The van der Waals surface area contributed by atoms with Crippen LogP contribution in [0.15, 0.2) is 42.6 Å². The minimum atomic E-state index is -0.800. The topological polar surface area (TPSA) is 100 Å². The van der Waals surface area contributed by atoms with Crippen LogP contribution in [0.1, 0.15) is 31.4 Å². The molecule has 0 bridgehead atoms. The maximum absolute atomic E-state index is 13.3. The number of hydrogen-bond donors (Lipinski definition) is 3. The number of rotatable bonds is 10. The van der Waals surface area contributed by atoms with Crippen molar-refractivity contribution in [2.45, 2.75) is 45.3 Å². The lowest BCUT2D eigenvalue weighted by Crippen LogP contribution is -2.54. The van der Waals surface area contributed by atoms with Crippen molar-refractivity contribution >= 4 is 17.6 Å². The molecule has 1 heterocycles. The molecule has 1 unspecified atom stereocenters. The molecule has 0 aliphatic heterocycles. The smallest absolute Gasteiger partial charge is 0.243 e. The van der Waals surface area contributed by atoms with Gasteiger partial charge in [-0.25, -0.2) is 9.37 Å². The molecule has 0 aliphatic rings. The molecule has 1 aromatic carbocycles. The Morgan fingerprint density at radius 2 is 1.74 bits per heavy atom. The molecule has 2 amide bonds. The average molecular weight is 430 g/mol. The molecule has 8 heteroatoms. The normalized spacial score (nSPS) is 14.0. The van der Waals surface area contributed by atoms with Crippen molar-refractivity contribution in [3.63, 3.8) is 0 Å². The number of carbonyl (C=O) groups excluding carboxylic acids is 2. The van der Waals surface area contributed by atoms with Gasteiger partial charge in [-0.15, -0.1) is 0 Å². The van der Waals surface area contributed by atoms with E-state index in [2.05, 4.69) is 15.6 Å². The van der Waals surface area contributed by atoms with Gasteiger partial charge in [-0.1, -0.05) is 38.5 Å². The number of hydrogen-bond acceptors (Lipinski definition) is 5. The quantitative estimate of drug-likeness (QED) is 0.537. The Bertz CT molecular complexity index is 855. The Labute approximate surface area is 183 Å². The Morgan fingerprint density at radius 3 is 2.29 bits per heavy atom. The molecule has 3 atom stereocenters. The van der Waals surface area contributed by atoms with E-state index in [1.54, 1.807) is 30.5 Å². The molecule has 2 rings (SSSR count). The fourth-order valence-electron chi connectivity index (χ4n) is 3.40. The number of nitrogens with zero attached hydrogens (tertiary/aromatic N) is 2. The van der Waals surface area contributed by atoms with E-state index in [4.69, 9.17) is 5.73 Å². The number of halogens is 1. The molecule has 7 nitrogen and oxygen atoms in total. The lowest BCUT2D eigenvalue weighted by atomic mass is 9.96. The fourth-order valence-corrected chi connectivity index (χ4v) is 3.40. The van der Waals surface area contributed by atoms with Gasteiger partial charge in [0.15, 0.2) is 0 Å². The second-order valence-electron chi connectivity index (χ2n) is 7.99. The number of nitrogens with two attached hydrogens (primary N) is 1. The number of nitrogen functional groups attached to an aromatic ring is 1. The van der Waals surface area contributed by atoms with Crippen molar-refractivity contribution in [2.24, 2.45) is 5.92 Å². The SMILES string of the molecule is CCC(C)[C@H](C(=O)N[C@@H](Cc1ccc(F)cc1)C(=O)NCc1ccc(N)nc1)N(C)C. The predicted octanol–water partition coefficient (Wildman–Crippen LogP) is 2.12. The van der Waals surface area contributed by atoms with Gasteiger partial charge in [0.2, 0.25) is 11.8 Å². The van der Waals surface area contributed by atoms with Gasteiger partial charge < -0.3 is 16.4 Å². The van der Waals surface area contributed by atoms with Gasteiger partial charge in [0, 0.05) is 19.2 Å². The van der Waals surface area contributed by atoms with Gasteiger partial charge in [0.05, 0.1) is 6.04 Å². The van der Waals surface area contributed by atoms with Crippen LogP contribution in [0.2, 0.25) is 0 Å². The van der Waals surface area contributed by atoms with Crippen LogP contribution in [0.3, 0.4) is 0 Å². The molecular weight excluding hydrogens is 397 g/mol. The molecule has 0 spiro atoms. The molecule has 0 saturated carbocycles. The fraction of sp³-hybridized carbons (Fsp3) is 0.435. The van der Waals surface area contributed by atoms with Crippen LogP contribution in [0.25, 0.3) is 0 Å². The van der Waals surface area contributed by atoms with Crippen LogP contribution in [0.4, 0.5) is 10.2 Å². The van der Waals surface area contributed by atoms with Crippen LogP contribution < -0.4 is 16.4 Å². The van der Waals surface area contributed by atoms with Crippen LogP contribution in [0.5, 0.6) is 0 Å². The maximum atomic E-state index is 13.3. The first-order valence-electron chi connectivity index (χ1n) is 10.4. The van der Waals surface area contributed by atoms with E-state index >= 15 is 0 Å². The molecule has 0 fully saturated rings. The molecular formula is C23H32FN5O2. The number of carbonyl (C=O) groups is 2. The summed E-state index contributed by atoms with van der Waals surface area (Å²) in [5.41, 5.74) is 7.14. The van der Waals surface area contributed by atoms with Crippen LogP contribution >= 0.6 is 0 Å². The zero-order chi connectivity index (χ0) is 23.0. The molecule has 1 aromatic heterocycles. The van der Waals surface area contributed by atoms with E-state index in [1.165, 1.54) is 12.1 Å². The van der Waals surface area contributed by atoms with E-state index in [0.29, 0.717) is 5.82 Å². The largest absolute Gasteiger partial charge is 0.384 e. The molecule has 4 N–H and O–H groups in total. The summed E-state index contributed by atoms with van der Waals surface area (Å²) in [5, 5.41) is 5.74. The third-order valence-corrected chi connectivity index (χ3v) is 5.31. The zero-order valence-electron chi connectivity index (χ0n) is 18.6. The first kappa shape index (κ1) is 24.3. The summed E-state index contributed by atoms with van der Waals surface area (Å²) in [7, 11) is 3.69. The third kappa shape index (κ3) is 7.32. The monoisotopic (exact) mass is 429 g/mol. The van der Waals surface area contributed by atoms with Crippen LogP contribution in [-0.2, 0) is 22.6 Å². The Morgan fingerprint density at radius 1 is 1.10 bits per heavy atom. The van der Waals surface area contributed by atoms with Crippen molar-refractivity contribution in [3.05, 3.63) is 59.5 Å². The summed E-state index contributed by atoms with van der Waals surface area (Å²) in [6.07, 6.45) is 2.67. The zero-order valence-corrected chi connectivity index (χ0v) is 18.6. The van der Waals surface area contributed by atoms with Gasteiger partial charge in [-0.05, 0) is 49.3 Å². The highest BCUT2D eigenvalue weighted by molar-refractivity contribution is 5.90. The number of amides is 2. The highest BCUT2D eigenvalue weighted by Crippen LogP contribution is 2.14. The van der Waals surface area contributed by atoms with E-state index < -0.39 is 6.04 Å². The maximum Gasteiger partial charge on any atom is 0.243 e. The Hall–Kier alpha value is -3.00. The summed E-state index contributed by atoms with van der Waals surface area (Å²) in [4.78, 5) is 31.9. The first-order chi connectivity index (χ1) is 14.7. The van der Waals surface area contributed by atoms with Crippen molar-refractivity contribution in [1.82, 2.24) is 20.5 Å². The number of likely N-dealkylation sites (N-methyl/N-ethyl adjacent to an activating group) is 1. The first-order valence-corrected chi connectivity index (χ1v) is 10.4. The molecule has 2 aromatic rings. The molecule has 0 saturated heterocycles. The van der Waals surface area contributed by atoms with Gasteiger partial charge in [-0.3, -0.25) is 14.5 Å². The van der Waals surface area contributed by atoms with E-state index in [-0.39, 0.29) is 42.6 Å². The van der Waals surface area contributed by atoms with E-state index in [9.17, 15) is 14.0 Å². The van der Waals surface area contributed by atoms with Crippen LogP contribution in [0, 0.1) is 11.7 Å². The summed E-state index contributed by atoms with van der Waals surface area (Å²) in [6.45, 7) is 4.29. The minimum absolute atomic E-state index is 0.116. The summed E-state index contributed by atoms with van der Waals surface area (Å²) in [5.74, 6) is -0.373. The van der Waals surface area contributed by atoms with E-state index in [1.807, 2.05) is 32.8 Å². The van der Waals surface area contributed by atoms with Crippen LogP contribution in [-0.4, -0.2) is 47.9 Å². The van der Waals surface area contributed by atoms with Gasteiger partial charge >= 0.3 is 0 Å². The van der Waals surface area contributed by atoms with Crippen molar-refractivity contribution in [3.8, 4) is 0 Å². The van der Waals surface area contributed by atoms with Crippen molar-refractivity contribution in [1.29, 1.82) is 0 Å². The number of nitrogens with one attached hydrogen (secondary N) is 2. The average Bonchev–Trinajstić information content (AvgIpc) is 2.73. The molecule has 0 aliphatic carbocycles. The van der Waals surface area contributed by atoms with Crippen molar-refractivity contribution in [2.75, 3.05) is 19.8 Å².